The molecule has 0 saturated carbocycles. The van der Waals surface area contributed by atoms with Crippen LogP contribution in [0, 0.1) is 12.7 Å². The Morgan fingerprint density at radius 2 is 2.15 bits per heavy atom. The van der Waals surface area contributed by atoms with Crippen molar-refractivity contribution in [1.82, 2.24) is 9.97 Å². The van der Waals surface area contributed by atoms with Crippen LogP contribution in [-0.4, -0.2) is 16.6 Å². The molecule has 2 rings (SSSR count). The molecule has 1 aromatic carbocycles. The first-order valence-electron chi connectivity index (χ1n) is 6.38. The largest absolute Gasteiger partial charge is 0.476 e. The van der Waals surface area contributed by atoms with Crippen LogP contribution in [0.15, 0.2) is 24.5 Å². The van der Waals surface area contributed by atoms with Crippen LogP contribution in [0.3, 0.4) is 0 Å². The molecule has 0 radical (unpaired) electrons. The number of hydrogen-bond donors (Lipinski definition) is 2. The van der Waals surface area contributed by atoms with Crippen molar-refractivity contribution in [3.05, 3.63) is 35.9 Å². The first-order chi connectivity index (χ1) is 9.61. The van der Waals surface area contributed by atoms with Gasteiger partial charge >= 0.3 is 0 Å². The Hall–Kier alpha value is -2.37. The number of aromatic nitrogens is 2. The molecule has 0 aliphatic rings. The summed E-state index contributed by atoms with van der Waals surface area (Å²) in [5.74, 6) is 0.409. The quantitative estimate of drug-likeness (QED) is 0.878. The molecule has 1 heterocycles. The Labute approximate surface area is 117 Å². The van der Waals surface area contributed by atoms with Gasteiger partial charge in [-0.1, -0.05) is 13.0 Å². The van der Waals surface area contributed by atoms with Gasteiger partial charge in [-0.15, -0.1) is 0 Å². The van der Waals surface area contributed by atoms with Crippen LogP contribution in [-0.2, 0) is 0 Å². The third kappa shape index (κ3) is 3.14. The van der Waals surface area contributed by atoms with Crippen molar-refractivity contribution in [1.29, 1.82) is 0 Å². The third-order valence-corrected chi connectivity index (χ3v) is 2.74. The second kappa shape index (κ2) is 6.18. The fourth-order valence-electron chi connectivity index (χ4n) is 1.65. The number of nitrogens with one attached hydrogen (secondary N) is 1. The lowest BCUT2D eigenvalue weighted by Crippen LogP contribution is -2.06. The zero-order valence-corrected chi connectivity index (χ0v) is 11.5. The van der Waals surface area contributed by atoms with Crippen LogP contribution in [0.2, 0.25) is 0 Å². The number of rotatable bonds is 5. The minimum atomic E-state index is -0.326. The number of nitrogens with two attached hydrogens (primary N) is 1. The van der Waals surface area contributed by atoms with E-state index in [1.165, 1.54) is 18.5 Å². The van der Waals surface area contributed by atoms with Crippen molar-refractivity contribution in [2.45, 2.75) is 20.3 Å². The number of ether oxygens (including phenoxy) is 1. The zero-order valence-electron chi connectivity index (χ0n) is 11.5. The topological polar surface area (TPSA) is 73.1 Å². The summed E-state index contributed by atoms with van der Waals surface area (Å²) in [6.45, 7) is 4.39. The van der Waals surface area contributed by atoms with Gasteiger partial charge in [0.25, 0.3) is 0 Å². The van der Waals surface area contributed by atoms with Crippen LogP contribution < -0.4 is 15.8 Å². The molecule has 5 nitrogen and oxygen atoms in total. The summed E-state index contributed by atoms with van der Waals surface area (Å²) in [5.41, 5.74) is 7.76. The number of nitrogen functional groups attached to an aromatic ring is 1. The first-order valence-corrected chi connectivity index (χ1v) is 6.38. The molecule has 0 amide bonds. The highest BCUT2D eigenvalue weighted by molar-refractivity contribution is 5.73. The van der Waals surface area contributed by atoms with Gasteiger partial charge < -0.3 is 15.8 Å². The fraction of sp³-hybridized carbons (Fsp3) is 0.286. The average Bonchev–Trinajstić information content (AvgIpc) is 2.44. The number of anilines is 3. The molecule has 0 fully saturated rings. The van der Waals surface area contributed by atoms with Crippen molar-refractivity contribution in [3.63, 3.8) is 0 Å². The molecule has 2 aromatic rings. The van der Waals surface area contributed by atoms with Gasteiger partial charge in [0.05, 0.1) is 6.61 Å². The van der Waals surface area contributed by atoms with E-state index in [1.807, 2.05) is 13.8 Å². The minimum Gasteiger partial charge on any atom is -0.476 e. The summed E-state index contributed by atoms with van der Waals surface area (Å²) >= 11 is 0. The molecular formula is C14H17FN4O. The standard InChI is InChI=1S/C14H17FN4O/c1-3-6-20-14-12(16)13(17-8-18-14)19-11-7-10(15)5-4-9(11)2/h4-5,7-8H,3,6,16H2,1-2H3,(H,17,18,19). The van der Waals surface area contributed by atoms with E-state index >= 15 is 0 Å². The van der Waals surface area contributed by atoms with Crippen LogP contribution in [0.1, 0.15) is 18.9 Å². The predicted molar refractivity (Wildman–Crippen MR) is 76.7 cm³/mol. The maximum absolute atomic E-state index is 13.3. The zero-order chi connectivity index (χ0) is 14.5. The van der Waals surface area contributed by atoms with E-state index in [2.05, 4.69) is 15.3 Å². The van der Waals surface area contributed by atoms with Crippen LogP contribution in [0.4, 0.5) is 21.6 Å². The van der Waals surface area contributed by atoms with Gasteiger partial charge in [0.15, 0.2) is 5.82 Å². The molecule has 0 bridgehead atoms. The van der Waals surface area contributed by atoms with Crippen LogP contribution in [0.5, 0.6) is 5.88 Å². The number of aryl methyl sites for hydroxylation is 1. The van der Waals surface area contributed by atoms with Crippen molar-refractivity contribution in [2.75, 3.05) is 17.7 Å². The molecule has 0 spiro atoms. The molecule has 0 aliphatic heterocycles. The van der Waals surface area contributed by atoms with E-state index in [0.29, 0.717) is 29.7 Å². The summed E-state index contributed by atoms with van der Waals surface area (Å²) in [7, 11) is 0. The lowest BCUT2D eigenvalue weighted by Gasteiger charge is -2.13. The summed E-state index contributed by atoms with van der Waals surface area (Å²) < 4.78 is 18.7. The second-order valence-electron chi connectivity index (χ2n) is 4.37. The average molecular weight is 276 g/mol. The smallest absolute Gasteiger partial charge is 0.242 e. The van der Waals surface area contributed by atoms with E-state index < -0.39 is 0 Å². The second-order valence-corrected chi connectivity index (χ2v) is 4.37. The minimum absolute atomic E-state index is 0.310. The van der Waals surface area contributed by atoms with E-state index in [-0.39, 0.29) is 5.82 Å². The maximum atomic E-state index is 13.3. The van der Waals surface area contributed by atoms with Gasteiger partial charge in [-0.25, -0.2) is 9.37 Å². The Balaban J connectivity index is 2.27. The number of benzene rings is 1. The van der Waals surface area contributed by atoms with E-state index in [9.17, 15) is 4.39 Å². The van der Waals surface area contributed by atoms with Crippen molar-refractivity contribution >= 4 is 17.2 Å². The lowest BCUT2D eigenvalue weighted by molar-refractivity contribution is 0.307. The van der Waals surface area contributed by atoms with Crippen molar-refractivity contribution < 1.29 is 9.13 Å². The Morgan fingerprint density at radius 1 is 1.35 bits per heavy atom. The highest BCUT2D eigenvalue weighted by Crippen LogP contribution is 2.28. The highest BCUT2D eigenvalue weighted by Gasteiger charge is 2.10. The Bertz CT molecular complexity index is 604. The van der Waals surface area contributed by atoms with Crippen LogP contribution >= 0.6 is 0 Å². The summed E-state index contributed by atoms with van der Waals surface area (Å²) in [5, 5.41) is 3.00. The predicted octanol–water partition coefficient (Wildman–Crippen LogP) is 3.04. The molecule has 1 aromatic heterocycles. The third-order valence-electron chi connectivity index (χ3n) is 2.74. The summed E-state index contributed by atoms with van der Waals surface area (Å²) in [6.07, 6.45) is 2.22. The van der Waals surface area contributed by atoms with Crippen molar-refractivity contribution in [3.8, 4) is 5.88 Å². The van der Waals surface area contributed by atoms with E-state index in [1.54, 1.807) is 6.07 Å². The lowest BCUT2D eigenvalue weighted by atomic mass is 10.2. The number of nitrogens with zero attached hydrogens (tertiary/aromatic N) is 2. The molecule has 106 valence electrons. The fourth-order valence-corrected chi connectivity index (χ4v) is 1.65. The molecule has 20 heavy (non-hydrogen) atoms. The molecule has 3 N–H and O–H groups in total. The molecule has 6 heteroatoms. The number of halogens is 1. The van der Waals surface area contributed by atoms with Gasteiger partial charge in [-0.05, 0) is 31.0 Å². The van der Waals surface area contributed by atoms with Gasteiger partial charge in [-0.2, -0.15) is 4.98 Å². The van der Waals surface area contributed by atoms with Crippen LogP contribution in [0.25, 0.3) is 0 Å². The summed E-state index contributed by atoms with van der Waals surface area (Å²) in [4.78, 5) is 8.05. The Morgan fingerprint density at radius 3 is 2.90 bits per heavy atom. The SMILES string of the molecule is CCCOc1ncnc(Nc2cc(F)ccc2C)c1N. The van der Waals surface area contributed by atoms with Crippen molar-refractivity contribution in [2.24, 2.45) is 0 Å². The number of hydrogen-bond acceptors (Lipinski definition) is 5. The monoisotopic (exact) mass is 276 g/mol. The molecular weight excluding hydrogens is 259 g/mol. The van der Waals surface area contributed by atoms with E-state index in [0.717, 1.165) is 12.0 Å². The molecule has 0 unspecified atom stereocenters. The Kier molecular flexibility index (Phi) is 4.34. The van der Waals surface area contributed by atoms with Gasteiger partial charge in [-0.3, -0.25) is 0 Å². The normalized spacial score (nSPS) is 10.3. The molecule has 0 aliphatic carbocycles. The first kappa shape index (κ1) is 14.0. The molecule has 0 atom stereocenters. The summed E-state index contributed by atoms with van der Waals surface area (Å²) in [6, 6.07) is 4.48. The van der Waals surface area contributed by atoms with E-state index in [4.69, 9.17) is 10.5 Å². The van der Waals surface area contributed by atoms with Gasteiger partial charge in [0.1, 0.15) is 17.8 Å². The van der Waals surface area contributed by atoms with Gasteiger partial charge in [0, 0.05) is 5.69 Å². The molecule has 0 saturated heterocycles. The maximum Gasteiger partial charge on any atom is 0.242 e. The van der Waals surface area contributed by atoms with Gasteiger partial charge in [0.2, 0.25) is 5.88 Å². The highest BCUT2D eigenvalue weighted by atomic mass is 19.1.